The number of anilines is 1. The maximum absolute atomic E-state index is 11.7. The molecule has 0 bridgehead atoms. The Hall–Kier alpha value is -0.420. The molecule has 3 nitrogen and oxygen atoms in total. The van der Waals surface area contributed by atoms with E-state index in [1.54, 1.807) is 30.0 Å². The van der Waals surface area contributed by atoms with E-state index in [1.807, 2.05) is 0 Å². The summed E-state index contributed by atoms with van der Waals surface area (Å²) < 4.78 is 0. The van der Waals surface area contributed by atoms with Gasteiger partial charge in [0, 0.05) is 0 Å². The zero-order valence-corrected chi connectivity index (χ0v) is 12.5. The minimum absolute atomic E-state index is 0.144. The minimum atomic E-state index is -0.144. The van der Waals surface area contributed by atoms with Crippen molar-refractivity contribution in [1.29, 1.82) is 0 Å². The Morgan fingerprint density at radius 1 is 1.33 bits per heavy atom. The van der Waals surface area contributed by atoms with E-state index in [-0.39, 0.29) is 12.5 Å². The highest BCUT2D eigenvalue weighted by atomic mass is 35.5. The maximum atomic E-state index is 11.7. The van der Waals surface area contributed by atoms with Gasteiger partial charge >= 0.3 is 0 Å². The Balaban J connectivity index is 2.36. The molecule has 0 radical (unpaired) electrons. The Bertz CT molecular complexity index is 381. The lowest BCUT2D eigenvalue weighted by molar-refractivity contribution is -0.115. The summed E-state index contributed by atoms with van der Waals surface area (Å²) in [6.45, 7) is 1.08. The van der Waals surface area contributed by atoms with Crippen LogP contribution in [-0.4, -0.2) is 31.0 Å². The summed E-state index contributed by atoms with van der Waals surface area (Å²) in [6.07, 6.45) is 3.10. The van der Waals surface area contributed by atoms with Gasteiger partial charge < -0.3 is 10.6 Å². The Morgan fingerprint density at radius 3 is 2.61 bits per heavy atom. The predicted octanol–water partition coefficient (Wildman–Crippen LogP) is 3.27. The number of hydrogen-bond acceptors (Lipinski definition) is 3. The van der Waals surface area contributed by atoms with Gasteiger partial charge in [-0.15, -0.1) is 0 Å². The Kier molecular flexibility index (Phi) is 7.51. The highest BCUT2D eigenvalue weighted by Gasteiger charge is 2.08. The van der Waals surface area contributed by atoms with Crippen LogP contribution >= 0.6 is 35.0 Å². The van der Waals surface area contributed by atoms with E-state index in [1.165, 1.54) is 0 Å². The topological polar surface area (TPSA) is 41.1 Å². The Morgan fingerprint density at radius 2 is 2.00 bits per heavy atom. The van der Waals surface area contributed by atoms with Crippen LogP contribution in [-0.2, 0) is 4.79 Å². The molecule has 0 aromatic heterocycles. The third-order valence-electron chi connectivity index (χ3n) is 2.21. The van der Waals surface area contributed by atoms with Crippen molar-refractivity contribution in [3.63, 3.8) is 0 Å². The zero-order chi connectivity index (χ0) is 13.4. The van der Waals surface area contributed by atoms with Crippen LogP contribution < -0.4 is 10.6 Å². The van der Waals surface area contributed by atoms with Crippen LogP contribution in [0.5, 0.6) is 0 Å². The maximum Gasteiger partial charge on any atom is 0.238 e. The molecule has 18 heavy (non-hydrogen) atoms. The van der Waals surface area contributed by atoms with E-state index in [2.05, 4.69) is 16.9 Å². The summed E-state index contributed by atoms with van der Waals surface area (Å²) in [5, 5.41) is 6.65. The molecule has 0 aliphatic rings. The van der Waals surface area contributed by atoms with Crippen LogP contribution in [0.15, 0.2) is 18.2 Å². The summed E-state index contributed by atoms with van der Waals surface area (Å²) in [7, 11) is 0. The number of carbonyl (C=O) groups excluding carboxylic acids is 1. The minimum Gasteiger partial charge on any atom is -0.322 e. The van der Waals surface area contributed by atoms with Gasteiger partial charge in [-0.05, 0) is 37.1 Å². The first kappa shape index (κ1) is 15.6. The van der Waals surface area contributed by atoms with Crippen molar-refractivity contribution in [2.45, 2.75) is 6.42 Å². The largest absolute Gasteiger partial charge is 0.322 e. The fourth-order valence-electron chi connectivity index (χ4n) is 1.34. The van der Waals surface area contributed by atoms with E-state index < -0.39 is 0 Å². The summed E-state index contributed by atoms with van der Waals surface area (Å²) in [6, 6.07) is 5.12. The molecular weight excluding hydrogens is 291 g/mol. The molecule has 100 valence electrons. The molecule has 0 spiro atoms. The number of para-hydroxylation sites is 1. The number of halogens is 2. The summed E-state index contributed by atoms with van der Waals surface area (Å²) >= 11 is 13.7. The first-order chi connectivity index (χ1) is 8.65. The van der Waals surface area contributed by atoms with Gasteiger partial charge in [-0.25, -0.2) is 0 Å². The van der Waals surface area contributed by atoms with Gasteiger partial charge in [-0.3, -0.25) is 4.79 Å². The molecule has 2 N–H and O–H groups in total. The molecule has 1 aromatic rings. The average molecular weight is 307 g/mol. The molecule has 0 heterocycles. The smallest absolute Gasteiger partial charge is 0.238 e. The number of carbonyl (C=O) groups is 1. The molecular formula is C12H16Cl2N2OS. The van der Waals surface area contributed by atoms with Crippen LogP contribution in [0.3, 0.4) is 0 Å². The fourth-order valence-corrected chi connectivity index (χ4v) is 2.27. The highest BCUT2D eigenvalue weighted by molar-refractivity contribution is 7.98. The number of benzene rings is 1. The molecule has 1 amide bonds. The molecule has 0 aliphatic heterocycles. The predicted molar refractivity (Wildman–Crippen MR) is 81.0 cm³/mol. The normalized spacial score (nSPS) is 10.4. The van der Waals surface area contributed by atoms with Crippen LogP contribution in [0, 0.1) is 0 Å². The molecule has 6 heteroatoms. The molecule has 0 aliphatic carbocycles. The number of rotatable bonds is 7. The second-order valence-electron chi connectivity index (χ2n) is 3.67. The van der Waals surface area contributed by atoms with Crippen LogP contribution in [0.1, 0.15) is 6.42 Å². The van der Waals surface area contributed by atoms with Crippen molar-refractivity contribution in [2.75, 3.05) is 30.4 Å². The van der Waals surface area contributed by atoms with Crippen LogP contribution in [0.2, 0.25) is 10.0 Å². The molecule has 0 saturated heterocycles. The number of thioether (sulfide) groups is 1. The van der Waals surface area contributed by atoms with E-state index in [0.717, 1.165) is 18.7 Å². The molecule has 1 rings (SSSR count). The van der Waals surface area contributed by atoms with Gasteiger partial charge in [-0.2, -0.15) is 11.8 Å². The second-order valence-corrected chi connectivity index (χ2v) is 5.47. The van der Waals surface area contributed by atoms with Crippen LogP contribution in [0.25, 0.3) is 0 Å². The van der Waals surface area contributed by atoms with E-state index in [0.29, 0.717) is 15.7 Å². The van der Waals surface area contributed by atoms with E-state index in [9.17, 15) is 4.79 Å². The fraction of sp³-hybridized carbons (Fsp3) is 0.417. The number of amides is 1. The number of hydrogen-bond donors (Lipinski definition) is 2. The zero-order valence-electron chi connectivity index (χ0n) is 10.1. The molecule has 1 aromatic carbocycles. The molecule has 0 fully saturated rings. The third-order valence-corrected chi connectivity index (χ3v) is 3.54. The first-order valence-corrected chi connectivity index (χ1v) is 7.73. The van der Waals surface area contributed by atoms with Gasteiger partial charge in [0.25, 0.3) is 0 Å². The van der Waals surface area contributed by atoms with E-state index in [4.69, 9.17) is 23.2 Å². The summed E-state index contributed by atoms with van der Waals surface area (Å²) in [5.41, 5.74) is 0.469. The van der Waals surface area contributed by atoms with Crippen molar-refractivity contribution < 1.29 is 4.79 Å². The summed E-state index contributed by atoms with van der Waals surface area (Å²) in [5.74, 6) is 0.944. The van der Waals surface area contributed by atoms with Gasteiger partial charge in [-0.1, -0.05) is 29.3 Å². The quantitative estimate of drug-likeness (QED) is 0.760. The standard InChI is InChI=1S/C12H16Cl2N2OS/c1-18-7-3-6-15-8-11(17)16-12-9(13)4-2-5-10(12)14/h2,4-5,15H,3,6-8H2,1H3,(H,16,17). The third kappa shape index (κ3) is 5.48. The summed E-state index contributed by atoms with van der Waals surface area (Å²) in [4.78, 5) is 11.7. The monoisotopic (exact) mass is 306 g/mol. The van der Waals surface area contributed by atoms with Crippen molar-refractivity contribution in [3.8, 4) is 0 Å². The first-order valence-electron chi connectivity index (χ1n) is 5.58. The lowest BCUT2D eigenvalue weighted by atomic mass is 10.3. The SMILES string of the molecule is CSCCCNCC(=O)Nc1c(Cl)cccc1Cl. The van der Waals surface area contributed by atoms with Crippen LogP contribution in [0.4, 0.5) is 5.69 Å². The van der Waals surface area contributed by atoms with Gasteiger partial charge in [0.2, 0.25) is 5.91 Å². The average Bonchev–Trinajstić information content (AvgIpc) is 2.34. The van der Waals surface area contributed by atoms with Crippen molar-refractivity contribution in [1.82, 2.24) is 5.32 Å². The second kappa shape index (κ2) is 8.64. The van der Waals surface area contributed by atoms with Gasteiger partial charge in [0.05, 0.1) is 22.3 Å². The lowest BCUT2D eigenvalue weighted by Crippen LogP contribution is -2.29. The van der Waals surface area contributed by atoms with Crippen molar-refractivity contribution >= 4 is 46.6 Å². The lowest BCUT2D eigenvalue weighted by Gasteiger charge is -2.09. The van der Waals surface area contributed by atoms with Crippen molar-refractivity contribution in [2.24, 2.45) is 0 Å². The van der Waals surface area contributed by atoms with Gasteiger partial charge in [0.1, 0.15) is 0 Å². The molecule has 0 unspecified atom stereocenters. The molecule has 0 atom stereocenters. The van der Waals surface area contributed by atoms with E-state index >= 15 is 0 Å². The van der Waals surface area contributed by atoms with Crippen molar-refractivity contribution in [3.05, 3.63) is 28.2 Å². The van der Waals surface area contributed by atoms with Gasteiger partial charge in [0.15, 0.2) is 0 Å². The highest BCUT2D eigenvalue weighted by Crippen LogP contribution is 2.29. The Labute approximate surface area is 122 Å². The number of nitrogens with one attached hydrogen (secondary N) is 2. The molecule has 0 saturated carbocycles.